The maximum atomic E-state index is 13.4. The van der Waals surface area contributed by atoms with E-state index < -0.39 is 0 Å². The lowest BCUT2D eigenvalue weighted by Gasteiger charge is -2.18. The highest BCUT2D eigenvalue weighted by Crippen LogP contribution is 2.37. The van der Waals surface area contributed by atoms with Crippen molar-refractivity contribution in [2.45, 2.75) is 57.0 Å². The Bertz CT molecular complexity index is 1050. The van der Waals surface area contributed by atoms with E-state index >= 15 is 0 Å². The lowest BCUT2D eigenvalue weighted by Crippen LogP contribution is -2.25. The van der Waals surface area contributed by atoms with Gasteiger partial charge in [0, 0.05) is 4.88 Å². The minimum atomic E-state index is -0.258. The molecule has 0 spiro atoms. The Hall–Kier alpha value is -1.86. The fourth-order valence-electron chi connectivity index (χ4n) is 3.43. The van der Waals surface area contributed by atoms with Gasteiger partial charge < -0.3 is 4.42 Å². The summed E-state index contributed by atoms with van der Waals surface area (Å²) in [5.74, 6) is 1.41. The molecule has 2 atom stereocenters. The molecule has 5 nitrogen and oxygen atoms in total. The van der Waals surface area contributed by atoms with Crippen molar-refractivity contribution in [2.75, 3.05) is 0 Å². The van der Waals surface area contributed by atoms with Crippen molar-refractivity contribution in [3.8, 4) is 0 Å². The highest BCUT2D eigenvalue weighted by Gasteiger charge is 2.25. The molecule has 0 radical (unpaired) electrons. The van der Waals surface area contributed by atoms with Crippen LogP contribution in [0.25, 0.3) is 10.2 Å². The molecule has 0 aliphatic heterocycles. The number of furan rings is 1. The summed E-state index contributed by atoms with van der Waals surface area (Å²) in [5.41, 5.74) is 1.15. The summed E-state index contributed by atoms with van der Waals surface area (Å²) in [5, 5.41) is 1.08. The van der Waals surface area contributed by atoms with Crippen LogP contribution in [0.2, 0.25) is 0 Å². The lowest BCUT2D eigenvalue weighted by molar-refractivity contribution is -0.116. The van der Waals surface area contributed by atoms with E-state index in [2.05, 4.69) is 6.92 Å². The molecule has 0 aromatic carbocycles. The first kappa shape index (κ1) is 18.5. The number of aromatic nitrogens is 2. The zero-order valence-corrected chi connectivity index (χ0v) is 17.3. The molecule has 27 heavy (non-hydrogen) atoms. The van der Waals surface area contributed by atoms with Gasteiger partial charge in [-0.15, -0.1) is 11.3 Å². The minimum absolute atomic E-state index is 0.0262. The van der Waals surface area contributed by atoms with Gasteiger partial charge in [0.15, 0.2) is 5.16 Å². The summed E-state index contributed by atoms with van der Waals surface area (Å²) in [6, 6.07) is 3.66. The molecule has 3 aromatic heterocycles. The highest BCUT2D eigenvalue weighted by molar-refractivity contribution is 8.00. The van der Waals surface area contributed by atoms with E-state index in [4.69, 9.17) is 9.40 Å². The highest BCUT2D eigenvalue weighted by atomic mass is 32.2. The van der Waals surface area contributed by atoms with Crippen LogP contribution in [0.15, 0.2) is 32.8 Å². The van der Waals surface area contributed by atoms with Crippen molar-refractivity contribution >= 4 is 39.1 Å². The molecule has 0 amide bonds. The molecule has 3 aromatic rings. The molecule has 142 valence electrons. The Morgan fingerprint density at radius 2 is 2.33 bits per heavy atom. The van der Waals surface area contributed by atoms with Crippen LogP contribution in [0.3, 0.4) is 0 Å². The third kappa shape index (κ3) is 3.50. The Morgan fingerprint density at radius 1 is 1.52 bits per heavy atom. The Labute approximate surface area is 165 Å². The topological polar surface area (TPSA) is 65.1 Å². The van der Waals surface area contributed by atoms with E-state index in [-0.39, 0.29) is 16.6 Å². The third-order valence-corrected chi connectivity index (χ3v) is 7.49. The average molecular weight is 403 g/mol. The first-order valence-electron chi connectivity index (χ1n) is 9.18. The fraction of sp³-hybridized carbons (Fsp3) is 0.450. The van der Waals surface area contributed by atoms with Gasteiger partial charge in [-0.3, -0.25) is 14.2 Å². The molecule has 7 heteroatoms. The van der Waals surface area contributed by atoms with Gasteiger partial charge in [-0.2, -0.15) is 0 Å². The SMILES string of the molecule is CC(=O)C(C)Sc1nc2sc3c(c2c(=O)n1Cc1ccco1)CCC(C)C3. The summed E-state index contributed by atoms with van der Waals surface area (Å²) in [6.07, 6.45) is 4.66. The molecule has 0 saturated heterocycles. The van der Waals surface area contributed by atoms with Gasteiger partial charge in [-0.1, -0.05) is 18.7 Å². The normalized spacial score (nSPS) is 17.8. The van der Waals surface area contributed by atoms with E-state index in [1.807, 2.05) is 19.1 Å². The van der Waals surface area contributed by atoms with Crippen molar-refractivity contribution in [1.82, 2.24) is 9.55 Å². The number of aryl methyl sites for hydroxylation is 1. The second-order valence-electron chi connectivity index (χ2n) is 7.27. The number of carbonyl (C=O) groups is 1. The largest absolute Gasteiger partial charge is 0.467 e. The van der Waals surface area contributed by atoms with Gasteiger partial charge in [-0.25, -0.2) is 4.98 Å². The van der Waals surface area contributed by atoms with Gasteiger partial charge >= 0.3 is 0 Å². The molecule has 0 bridgehead atoms. The molecule has 2 unspecified atom stereocenters. The lowest BCUT2D eigenvalue weighted by atomic mass is 9.89. The summed E-state index contributed by atoms with van der Waals surface area (Å²) in [7, 11) is 0. The van der Waals surface area contributed by atoms with Gasteiger partial charge in [-0.05, 0) is 56.7 Å². The van der Waals surface area contributed by atoms with E-state index in [0.717, 1.165) is 29.5 Å². The summed E-state index contributed by atoms with van der Waals surface area (Å²) in [4.78, 5) is 32.1. The molecule has 1 aliphatic rings. The Morgan fingerprint density at radius 3 is 3.04 bits per heavy atom. The van der Waals surface area contributed by atoms with Crippen LogP contribution >= 0.6 is 23.1 Å². The number of Topliss-reactive ketones (excluding diaryl/α,β-unsaturated/α-hetero) is 1. The molecule has 0 saturated carbocycles. The molecular formula is C20H22N2O3S2. The van der Waals surface area contributed by atoms with Gasteiger partial charge in [0.1, 0.15) is 16.4 Å². The molecule has 0 N–H and O–H groups in total. The summed E-state index contributed by atoms with van der Waals surface area (Å²) < 4.78 is 7.12. The number of thioether (sulfide) groups is 1. The second-order valence-corrected chi connectivity index (χ2v) is 9.66. The van der Waals surface area contributed by atoms with E-state index in [1.54, 1.807) is 29.1 Å². The maximum Gasteiger partial charge on any atom is 0.263 e. The zero-order valence-electron chi connectivity index (χ0n) is 15.7. The van der Waals surface area contributed by atoms with Crippen LogP contribution in [0, 0.1) is 5.92 Å². The van der Waals surface area contributed by atoms with Crippen LogP contribution in [-0.2, 0) is 24.2 Å². The van der Waals surface area contributed by atoms with Gasteiger partial charge in [0.05, 0.1) is 23.4 Å². The first-order valence-corrected chi connectivity index (χ1v) is 10.9. The monoisotopic (exact) mass is 402 g/mol. The molecular weight excluding hydrogens is 380 g/mol. The number of thiophene rings is 1. The predicted molar refractivity (Wildman–Crippen MR) is 109 cm³/mol. The zero-order chi connectivity index (χ0) is 19.1. The number of fused-ring (bicyclic) bond motifs is 3. The molecule has 1 aliphatic carbocycles. The summed E-state index contributed by atoms with van der Waals surface area (Å²) >= 11 is 2.98. The van der Waals surface area contributed by atoms with Crippen molar-refractivity contribution in [1.29, 1.82) is 0 Å². The van der Waals surface area contributed by atoms with Crippen molar-refractivity contribution in [2.24, 2.45) is 5.92 Å². The summed E-state index contributed by atoms with van der Waals surface area (Å²) in [6.45, 7) is 5.99. The second kappa shape index (κ2) is 7.28. The number of carbonyl (C=O) groups excluding carboxylic acids is 1. The third-order valence-electron chi connectivity index (χ3n) is 5.13. The van der Waals surface area contributed by atoms with Crippen LogP contribution in [0.1, 0.15) is 43.4 Å². The van der Waals surface area contributed by atoms with Crippen molar-refractivity contribution < 1.29 is 9.21 Å². The molecule has 4 rings (SSSR count). The maximum absolute atomic E-state index is 13.4. The standard InChI is InChI=1S/C20H22N2O3S2/c1-11-6-7-15-16(9-11)27-18-17(15)19(24)22(10-14-5-4-8-25-14)20(21-18)26-13(3)12(2)23/h4-5,8,11,13H,6-7,9-10H2,1-3H3. The van der Waals surface area contributed by atoms with Crippen molar-refractivity contribution in [3.05, 3.63) is 45.0 Å². The number of hydrogen-bond donors (Lipinski definition) is 0. The van der Waals surface area contributed by atoms with Crippen LogP contribution in [0.5, 0.6) is 0 Å². The van der Waals surface area contributed by atoms with Gasteiger partial charge in [0.25, 0.3) is 5.56 Å². The van der Waals surface area contributed by atoms with E-state index in [1.165, 1.54) is 22.2 Å². The number of ketones is 1. The quantitative estimate of drug-likeness (QED) is 0.470. The van der Waals surface area contributed by atoms with Crippen LogP contribution in [-0.4, -0.2) is 20.6 Å². The van der Waals surface area contributed by atoms with E-state index in [0.29, 0.717) is 23.4 Å². The number of rotatable bonds is 5. The molecule has 3 heterocycles. The average Bonchev–Trinajstić information content (AvgIpc) is 3.24. The molecule has 0 fully saturated rings. The van der Waals surface area contributed by atoms with Crippen LogP contribution < -0.4 is 5.56 Å². The van der Waals surface area contributed by atoms with Crippen molar-refractivity contribution in [3.63, 3.8) is 0 Å². The Balaban J connectivity index is 1.88. The van der Waals surface area contributed by atoms with Gasteiger partial charge in [0.2, 0.25) is 0 Å². The van der Waals surface area contributed by atoms with E-state index in [9.17, 15) is 9.59 Å². The van der Waals surface area contributed by atoms with Crippen LogP contribution in [0.4, 0.5) is 0 Å². The minimum Gasteiger partial charge on any atom is -0.467 e. The fourth-order valence-corrected chi connectivity index (χ4v) is 5.77. The first-order chi connectivity index (χ1) is 12.9. The Kier molecular flexibility index (Phi) is 4.99. The number of hydrogen-bond acceptors (Lipinski definition) is 6. The number of nitrogens with zero attached hydrogens (tertiary/aromatic N) is 2. The predicted octanol–water partition coefficient (Wildman–Crippen LogP) is 4.29. The smallest absolute Gasteiger partial charge is 0.263 e.